The molecular weight excluding hydrogens is 438 g/mol. The Hall–Kier alpha value is -3.84. The van der Waals surface area contributed by atoms with Gasteiger partial charge in [0.25, 0.3) is 11.1 Å². The summed E-state index contributed by atoms with van der Waals surface area (Å²) in [5.74, 6) is 0.226. The highest BCUT2D eigenvalue weighted by Gasteiger charge is 2.34. The molecule has 3 aromatic carbocycles. The van der Waals surface area contributed by atoms with Gasteiger partial charge in [-0.25, -0.2) is 4.79 Å². The number of thioether (sulfide) groups is 1. The summed E-state index contributed by atoms with van der Waals surface area (Å²) in [5.41, 5.74) is 3.10. The zero-order valence-electron chi connectivity index (χ0n) is 18.1. The Bertz CT molecular complexity index is 1230. The molecule has 2 amide bonds. The summed E-state index contributed by atoms with van der Waals surface area (Å²) >= 11 is 0.918. The van der Waals surface area contributed by atoms with Crippen LogP contribution in [-0.2, 0) is 11.3 Å². The number of rotatable bonds is 6. The van der Waals surface area contributed by atoms with Gasteiger partial charge in [0.15, 0.2) is 0 Å². The van der Waals surface area contributed by atoms with Gasteiger partial charge in [-0.3, -0.25) is 14.5 Å². The summed E-state index contributed by atoms with van der Waals surface area (Å²) in [6.45, 7) is 2.21. The van der Waals surface area contributed by atoms with E-state index in [4.69, 9.17) is 9.47 Å². The summed E-state index contributed by atoms with van der Waals surface area (Å²) in [6, 6.07) is 21.1. The van der Waals surface area contributed by atoms with E-state index < -0.39 is 5.97 Å². The van der Waals surface area contributed by atoms with Gasteiger partial charge in [-0.05, 0) is 72.3 Å². The van der Waals surface area contributed by atoms with Crippen molar-refractivity contribution in [3.05, 3.63) is 100.0 Å². The van der Waals surface area contributed by atoms with E-state index in [1.807, 2.05) is 31.2 Å². The van der Waals surface area contributed by atoms with Crippen molar-refractivity contribution < 1.29 is 23.9 Å². The van der Waals surface area contributed by atoms with Gasteiger partial charge in [0.2, 0.25) is 0 Å². The maximum absolute atomic E-state index is 12.8. The highest BCUT2D eigenvalue weighted by Crippen LogP contribution is 2.33. The van der Waals surface area contributed by atoms with Crippen LogP contribution in [0.3, 0.4) is 0 Å². The van der Waals surface area contributed by atoms with E-state index in [0.717, 1.165) is 28.5 Å². The second kappa shape index (κ2) is 9.75. The molecule has 1 aliphatic rings. The van der Waals surface area contributed by atoms with Crippen LogP contribution in [0.1, 0.15) is 27.0 Å². The predicted octanol–water partition coefficient (Wildman–Crippen LogP) is 5.46. The maximum Gasteiger partial charge on any atom is 0.343 e. The Labute approximate surface area is 195 Å². The highest BCUT2D eigenvalue weighted by molar-refractivity contribution is 8.18. The Morgan fingerprint density at radius 3 is 2.33 bits per heavy atom. The molecule has 4 rings (SSSR count). The van der Waals surface area contributed by atoms with Crippen molar-refractivity contribution in [1.82, 2.24) is 4.90 Å². The van der Waals surface area contributed by atoms with Crippen LogP contribution in [0.2, 0.25) is 0 Å². The van der Waals surface area contributed by atoms with E-state index in [0.29, 0.717) is 22.0 Å². The zero-order valence-corrected chi connectivity index (χ0v) is 18.9. The van der Waals surface area contributed by atoms with Crippen molar-refractivity contribution in [2.45, 2.75) is 13.5 Å². The van der Waals surface area contributed by atoms with Crippen LogP contribution >= 0.6 is 11.8 Å². The van der Waals surface area contributed by atoms with Crippen molar-refractivity contribution in [1.29, 1.82) is 0 Å². The average molecular weight is 460 g/mol. The third-order valence-corrected chi connectivity index (χ3v) is 5.92. The molecular formula is C26H21NO5S. The van der Waals surface area contributed by atoms with Crippen LogP contribution < -0.4 is 9.47 Å². The van der Waals surface area contributed by atoms with Crippen molar-refractivity contribution >= 4 is 35.0 Å². The number of hydrogen-bond acceptors (Lipinski definition) is 6. The minimum Gasteiger partial charge on any atom is -0.497 e. The molecule has 1 saturated heterocycles. The smallest absolute Gasteiger partial charge is 0.343 e. The van der Waals surface area contributed by atoms with Crippen LogP contribution in [0.4, 0.5) is 4.79 Å². The fourth-order valence-corrected chi connectivity index (χ4v) is 4.14. The Kier molecular flexibility index (Phi) is 6.60. The highest BCUT2D eigenvalue weighted by atomic mass is 32.2. The molecule has 0 N–H and O–H groups in total. The fraction of sp³-hybridized carbons (Fsp3) is 0.115. The molecule has 0 aliphatic carbocycles. The Morgan fingerprint density at radius 1 is 0.970 bits per heavy atom. The lowest BCUT2D eigenvalue weighted by molar-refractivity contribution is -0.123. The molecule has 0 bridgehead atoms. The minimum absolute atomic E-state index is 0.240. The molecule has 1 fully saturated rings. The van der Waals surface area contributed by atoms with E-state index in [1.165, 1.54) is 4.90 Å². The van der Waals surface area contributed by atoms with Crippen LogP contribution in [-0.4, -0.2) is 29.1 Å². The molecule has 3 aromatic rings. The average Bonchev–Trinajstić information content (AvgIpc) is 3.07. The van der Waals surface area contributed by atoms with Gasteiger partial charge in [0, 0.05) is 0 Å². The van der Waals surface area contributed by atoms with Crippen LogP contribution in [0.5, 0.6) is 11.5 Å². The largest absolute Gasteiger partial charge is 0.497 e. The molecule has 166 valence electrons. The number of methoxy groups -OCH3 is 1. The molecule has 0 radical (unpaired) electrons. The zero-order chi connectivity index (χ0) is 23.4. The van der Waals surface area contributed by atoms with Crippen LogP contribution in [0.15, 0.2) is 77.7 Å². The van der Waals surface area contributed by atoms with Crippen molar-refractivity contribution in [2.24, 2.45) is 0 Å². The quantitative estimate of drug-likeness (QED) is 0.277. The topological polar surface area (TPSA) is 72.9 Å². The lowest BCUT2D eigenvalue weighted by Gasteiger charge is -2.12. The fourth-order valence-electron chi connectivity index (χ4n) is 3.31. The standard InChI is InChI=1S/C26H21NO5S/c1-17-4-3-5-19(14-17)16-27-24(28)23(33-26(27)30)15-18-6-10-22(11-7-18)32-25(29)20-8-12-21(31-2)13-9-20/h3-15H,16H2,1-2H3/b23-15-. The summed E-state index contributed by atoms with van der Waals surface area (Å²) in [6.07, 6.45) is 1.66. The molecule has 0 unspecified atom stereocenters. The molecule has 1 heterocycles. The maximum atomic E-state index is 12.8. The first-order valence-corrected chi connectivity index (χ1v) is 11.0. The first kappa shape index (κ1) is 22.4. The van der Waals surface area contributed by atoms with Crippen LogP contribution in [0.25, 0.3) is 6.08 Å². The van der Waals surface area contributed by atoms with Crippen molar-refractivity contribution in [3.8, 4) is 11.5 Å². The monoisotopic (exact) mass is 459 g/mol. The number of hydrogen-bond donors (Lipinski definition) is 0. The first-order valence-electron chi connectivity index (χ1n) is 10.2. The molecule has 33 heavy (non-hydrogen) atoms. The third-order valence-electron chi connectivity index (χ3n) is 5.01. The molecule has 6 nitrogen and oxygen atoms in total. The predicted molar refractivity (Wildman–Crippen MR) is 127 cm³/mol. The lowest BCUT2D eigenvalue weighted by Crippen LogP contribution is -2.27. The normalized spacial score (nSPS) is 14.6. The number of amides is 2. The number of aryl methyl sites for hydroxylation is 1. The van der Waals surface area contributed by atoms with Crippen molar-refractivity contribution in [3.63, 3.8) is 0 Å². The van der Waals surface area contributed by atoms with E-state index in [2.05, 4.69) is 0 Å². The first-order chi connectivity index (χ1) is 15.9. The van der Waals surface area contributed by atoms with Crippen molar-refractivity contribution in [2.75, 3.05) is 7.11 Å². The molecule has 1 aliphatic heterocycles. The van der Waals surface area contributed by atoms with Crippen LogP contribution in [0, 0.1) is 6.92 Å². The number of carbonyl (C=O) groups is 3. The molecule has 0 spiro atoms. The number of nitrogens with zero attached hydrogens (tertiary/aromatic N) is 1. The van der Waals surface area contributed by atoms with Gasteiger partial charge in [-0.1, -0.05) is 42.0 Å². The third kappa shape index (κ3) is 5.32. The Balaban J connectivity index is 1.42. The summed E-state index contributed by atoms with van der Waals surface area (Å²) in [5, 5.41) is -0.294. The molecule has 0 saturated carbocycles. The van der Waals surface area contributed by atoms with E-state index in [-0.39, 0.29) is 17.7 Å². The Morgan fingerprint density at radius 2 is 1.67 bits per heavy atom. The number of esters is 1. The van der Waals surface area contributed by atoms with Gasteiger partial charge >= 0.3 is 5.97 Å². The number of carbonyl (C=O) groups excluding carboxylic acids is 3. The molecule has 7 heteroatoms. The van der Waals surface area contributed by atoms with E-state index in [9.17, 15) is 14.4 Å². The molecule has 0 atom stereocenters. The SMILES string of the molecule is COc1ccc(C(=O)Oc2ccc(/C=C3\SC(=O)N(Cc4cccc(C)c4)C3=O)cc2)cc1. The summed E-state index contributed by atoms with van der Waals surface area (Å²) in [4.78, 5) is 39.1. The van der Waals surface area contributed by atoms with Gasteiger partial charge < -0.3 is 9.47 Å². The number of benzene rings is 3. The van der Waals surface area contributed by atoms with Gasteiger partial charge in [-0.15, -0.1) is 0 Å². The van der Waals surface area contributed by atoms with Gasteiger partial charge in [0.05, 0.1) is 24.1 Å². The number of imide groups is 1. The van der Waals surface area contributed by atoms with Gasteiger partial charge in [-0.2, -0.15) is 0 Å². The number of ether oxygens (including phenoxy) is 2. The molecule has 0 aromatic heterocycles. The lowest BCUT2D eigenvalue weighted by atomic mass is 10.1. The minimum atomic E-state index is -0.484. The summed E-state index contributed by atoms with van der Waals surface area (Å²) in [7, 11) is 1.55. The second-order valence-electron chi connectivity index (χ2n) is 7.44. The summed E-state index contributed by atoms with van der Waals surface area (Å²) < 4.78 is 10.5. The van der Waals surface area contributed by atoms with E-state index in [1.54, 1.807) is 61.7 Å². The van der Waals surface area contributed by atoms with E-state index >= 15 is 0 Å². The van der Waals surface area contributed by atoms with Gasteiger partial charge in [0.1, 0.15) is 11.5 Å². The second-order valence-corrected chi connectivity index (χ2v) is 8.44.